The van der Waals surface area contributed by atoms with Crippen molar-refractivity contribution in [2.24, 2.45) is 5.92 Å². The molecule has 1 saturated heterocycles. The van der Waals surface area contributed by atoms with Crippen LogP contribution in [0, 0.1) is 5.92 Å². The Morgan fingerprint density at radius 3 is 2.35 bits per heavy atom. The molecule has 2 unspecified atom stereocenters. The number of hydrogen-bond donors (Lipinski definition) is 2. The van der Waals surface area contributed by atoms with E-state index in [0.717, 1.165) is 17.7 Å². The third kappa shape index (κ3) is 4.68. The maximum Gasteiger partial charge on any atom is 0.235 e. The van der Waals surface area contributed by atoms with Crippen molar-refractivity contribution in [3.8, 4) is 0 Å². The number of nitrogens with zero attached hydrogens (tertiary/aromatic N) is 1. The van der Waals surface area contributed by atoms with Gasteiger partial charge in [-0.2, -0.15) is 0 Å². The van der Waals surface area contributed by atoms with Crippen molar-refractivity contribution < 1.29 is 13.5 Å². The molecule has 0 bridgehead atoms. The minimum absolute atomic E-state index is 0.0728. The number of sulfonamides is 1. The van der Waals surface area contributed by atoms with Crippen LogP contribution in [-0.2, 0) is 10.0 Å². The number of benzene rings is 1. The Morgan fingerprint density at radius 1 is 1.22 bits per heavy atom. The van der Waals surface area contributed by atoms with Crippen molar-refractivity contribution >= 4 is 15.7 Å². The monoisotopic (exact) mass is 340 g/mol. The number of nitrogens with one attached hydrogen (secondary N) is 1. The van der Waals surface area contributed by atoms with Crippen LogP contribution in [0.3, 0.4) is 0 Å². The molecule has 130 valence electrons. The van der Waals surface area contributed by atoms with E-state index < -0.39 is 10.0 Å². The second-order valence-electron chi connectivity index (χ2n) is 6.73. The number of aliphatic hydroxyl groups is 1. The minimum atomic E-state index is -3.13. The molecule has 2 rings (SSSR count). The van der Waals surface area contributed by atoms with E-state index in [1.54, 1.807) is 0 Å². The summed E-state index contributed by atoms with van der Waals surface area (Å²) in [7, 11) is -3.13. The molecule has 0 saturated carbocycles. The Labute approximate surface area is 139 Å². The summed E-state index contributed by atoms with van der Waals surface area (Å²) in [5.74, 6) is 0.759. The molecule has 0 aromatic heterocycles. The van der Waals surface area contributed by atoms with Gasteiger partial charge in [-0.05, 0) is 43.4 Å². The van der Waals surface area contributed by atoms with Crippen LogP contribution < -0.4 is 9.62 Å². The maximum atomic E-state index is 12.0. The highest BCUT2D eigenvalue weighted by Crippen LogP contribution is 2.25. The highest BCUT2D eigenvalue weighted by molar-refractivity contribution is 7.93. The van der Waals surface area contributed by atoms with Crippen LogP contribution in [0.4, 0.5) is 5.69 Å². The molecule has 0 aliphatic carbocycles. The van der Waals surface area contributed by atoms with Crippen molar-refractivity contribution in [2.75, 3.05) is 23.2 Å². The molecule has 1 heterocycles. The van der Waals surface area contributed by atoms with Crippen LogP contribution in [-0.4, -0.2) is 38.5 Å². The van der Waals surface area contributed by atoms with Crippen LogP contribution in [0.2, 0.25) is 0 Å². The molecule has 2 atom stereocenters. The molecule has 5 nitrogen and oxygen atoms in total. The summed E-state index contributed by atoms with van der Waals surface area (Å²) in [6.45, 7) is 7.02. The van der Waals surface area contributed by atoms with E-state index in [0.29, 0.717) is 18.9 Å². The summed E-state index contributed by atoms with van der Waals surface area (Å²) in [5.41, 5.74) is 1.83. The van der Waals surface area contributed by atoms with Crippen molar-refractivity contribution in [3.63, 3.8) is 0 Å². The van der Waals surface area contributed by atoms with E-state index in [9.17, 15) is 13.5 Å². The van der Waals surface area contributed by atoms with Gasteiger partial charge in [-0.15, -0.1) is 0 Å². The van der Waals surface area contributed by atoms with Crippen molar-refractivity contribution in [2.45, 2.75) is 45.7 Å². The van der Waals surface area contributed by atoms with Gasteiger partial charge in [0.25, 0.3) is 0 Å². The van der Waals surface area contributed by atoms with Crippen molar-refractivity contribution in [1.29, 1.82) is 0 Å². The zero-order chi connectivity index (χ0) is 17.0. The van der Waals surface area contributed by atoms with Gasteiger partial charge in [0.1, 0.15) is 0 Å². The molecule has 6 heteroatoms. The van der Waals surface area contributed by atoms with E-state index in [4.69, 9.17) is 0 Å². The van der Waals surface area contributed by atoms with Crippen LogP contribution >= 0.6 is 0 Å². The summed E-state index contributed by atoms with van der Waals surface area (Å²) < 4.78 is 25.4. The van der Waals surface area contributed by atoms with Crippen molar-refractivity contribution in [3.05, 3.63) is 29.8 Å². The van der Waals surface area contributed by atoms with E-state index in [1.165, 1.54) is 4.31 Å². The third-order valence-electron chi connectivity index (χ3n) is 4.24. The maximum absolute atomic E-state index is 12.0. The first kappa shape index (κ1) is 18.2. The fraction of sp³-hybridized carbons (Fsp3) is 0.647. The lowest BCUT2D eigenvalue weighted by atomic mass is 10.0. The Bertz CT molecular complexity index is 599. The largest absolute Gasteiger partial charge is 0.395 e. The quantitative estimate of drug-likeness (QED) is 0.799. The van der Waals surface area contributed by atoms with Gasteiger partial charge in [0, 0.05) is 18.6 Å². The first-order valence-electron chi connectivity index (χ1n) is 8.30. The summed E-state index contributed by atoms with van der Waals surface area (Å²) in [4.78, 5) is 0. The fourth-order valence-corrected chi connectivity index (χ4v) is 4.64. The van der Waals surface area contributed by atoms with Gasteiger partial charge in [-0.1, -0.05) is 26.0 Å². The van der Waals surface area contributed by atoms with Crippen LogP contribution in [0.1, 0.15) is 45.2 Å². The first-order valence-corrected chi connectivity index (χ1v) is 9.91. The highest BCUT2D eigenvalue weighted by atomic mass is 32.2. The average molecular weight is 340 g/mol. The van der Waals surface area contributed by atoms with Crippen molar-refractivity contribution in [1.82, 2.24) is 5.32 Å². The summed E-state index contributed by atoms with van der Waals surface area (Å²) in [6, 6.07) is 7.84. The Balaban J connectivity index is 2.04. The molecule has 1 aromatic rings. The first-order chi connectivity index (χ1) is 10.8. The van der Waals surface area contributed by atoms with Gasteiger partial charge < -0.3 is 10.4 Å². The van der Waals surface area contributed by atoms with Gasteiger partial charge in [-0.25, -0.2) is 8.42 Å². The second-order valence-corrected chi connectivity index (χ2v) is 8.74. The van der Waals surface area contributed by atoms with Crippen LogP contribution in [0.15, 0.2) is 24.3 Å². The van der Waals surface area contributed by atoms with E-state index in [1.807, 2.05) is 24.3 Å². The molecular weight excluding hydrogens is 312 g/mol. The highest BCUT2D eigenvalue weighted by Gasteiger charge is 2.28. The molecule has 23 heavy (non-hydrogen) atoms. The lowest BCUT2D eigenvalue weighted by molar-refractivity contribution is 0.215. The molecule has 0 spiro atoms. The SMILES string of the molecule is CC(C)CC(CO)NC(C)c1ccc(N2CCCS2(=O)=O)cc1. The normalized spacial score (nSPS) is 20.0. The molecule has 1 aromatic carbocycles. The third-order valence-corrected chi connectivity index (χ3v) is 6.11. The van der Waals surface area contributed by atoms with E-state index in [2.05, 4.69) is 26.1 Å². The molecule has 0 amide bonds. The lowest BCUT2D eigenvalue weighted by Gasteiger charge is -2.24. The van der Waals surface area contributed by atoms with Gasteiger partial charge in [-0.3, -0.25) is 4.31 Å². The fourth-order valence-electron chi connectivity index (χ4n) is 3.07. The number of rotatable bonds is 7. The zero-order valence-corrected chi connectivity index (χ0v) is 15.0. The van der Waals surface area contributed by atoms with Crippen LogP contribution in [0.25, 0.3) is 0 Å². The van der Waals surface area contributed by atoms with Gasteiger partial charge >= 0.3 is 0 Å². The molecule has 1 fully saturated rings. The minimum Gasteiger partial charge on any atom is -0.395 e. The Kier molecular flexibility index (Phi) is 6.06. The summed E-state index contributed by atoms with van der Waals surface area (Å²) in [6.07, 6.45) is 1.61. The zero-order valence-electron chi connectivity index (χ0n) is 14.2. The van der Waals surface area contributed by atoms with Crippen LogP contribution in [0.5, 0.6) is 0 Å². The van der Waals surface area contributed by atoms with Gasteiger partial charge in [0.15, 0.2) is 0 Å². The predicted octanol–water partition coefficient (Wildman–Crippen LogP) is 2.28. The lowest BCUT2D eigenvalue weighted by Crippen LogP contribution is -2.35. The number of aliphatic hydroxyl groups excluding tert-OH is 1. The standard InChI is InChI=1S/C17H28N2O3S/c1-13(2)11-16(12-20)18-14(3)15-5-7-17(8-6-15)19-9-4-10-23(19,21)22/h5-8,13-14,16,18,20H,4,9-12H2,1-3H3. The summed E-state index contributed by atoms with van der Waals surface area (Å²) >= 11 is 0. The number of hydrogen-bond acceptors (Lipinski definition) is 4. The average Bonchev–Trinajstić information content (AvgIpc) is 2.85. The second kappa shape index (κ2) is 7.64. The molecular formula is C17H28N2O3S. The Morgan fingerprint density at radius 2 is 1.87 bits per heavy atom. The van der Waals surface area contributed by atoms with E-state index >= 15 is 0 Å². The molecule has 1 aliphatic rings. The summed E-state index contributed by atoms with van der Waals surface area (Å²) in [5, 5.41) is 12.9. The topological polar surface area (TPSA) is 69.6 Å². The predicted molar refractivity (Wildman–Crippen MR) is 94.1 cm³/mol. The molecule has 1 aliphatic heterocycles. The Hall–Kier alpha value is -1.11. The molecule has 0 radical (unpaired) electrons. The smallest absolute Gasteiger partial charge is 0.235 e. The van der Waals surface area contributed by atoms with Gasteiger partial charge in [0.05, 0.1) is 18.0 Å². The number of anilines is 1. The van der Waals surface area contributed by atoms with Gasteiger partial charge in [0.2, 0.25) is 10.0 Å². The molecule has 2 N–H and O–H groups in total. The van der Waals surface area contributed by atoms with E-state index in [-0.39, 0.29) is 24.4 Å².